The van der Waals surface area contributed by atoms with Gasteiger partial charge in [0.05, 0.1) is 6.20 Å². The summed E-state index contributed by atoms with van der Waals surface area (Å²) < 4.78 is 17.2. The van der Waals surface area contributed by atoms with Gasteiger partial charge in [0.1, 0.15) is 5.82 Å². The van der Waals surface area contributed by atoms with Crippen molar-refractivity contribution in [2.24, 2.45) is 0 Å². The molecule has 1 aromatic heterocycles. The van der Waals surface area contributed by atoms with E-state index in [2.05, 4.69) is 5.16 Å². The molecule has 0 amide bonds. The maximum Gasteiger partial charge on any atom is 0.167 e. The van der Waals surface area contributed by atoms with Crippen molar-refractivity contribution in [2.75, 3.05) is 0 Å². The van der Waals surface area contributed by atoms with E-state index in [1.54, 1.807) is 6.07 Å². The van der Waals surface area contributed by atoms with E-state index in [4.69, 9.17) is 4.52 Å². The molecule has 0 N–H and O–H groups in total. The van der Waals surface area contributed by atoms with Gasteiger partial charge in [-0.2, -0.15) is 0 Å². The zero-order valence-corrected chi connectivity index (χ0v) is 5.04. The molecule has 0 aliphatic rings. The summed E-state index contributed by atoms with van der Waals surface area (Å²) in [6.45, 7) is 0. The van der Waals surface area contributed by atoms with Gasteiger partial charge >= 0.3 is 0 Å². The van der Waals surface area contributed by atoms with E-state index in [1.807, 2.05) is 0 Å². The first-order valence-electron chi connectivity index (χ1n) is 2.86. The summed E-state index contributed by atoms with van der Waals surface area (Å²) >= 11 is 0. The van der Waals surface area contributed by atoms with E-state index in [0.29, 0.717) is 11.0 Å². The van der Waals surface area contributed by atoms with Gasteiger partial charge in [0.2, 0.25) is 0 Å². The second-order valence-electron chi connectivity index (χ2n) is 2.01. The molecule has 0 fully saturated rings. The molecule has 0 unspecified atom stereocenters. The van der Waals surface area contributed by atoms with Crippen molar-refractivity contribution in [3.05, 3.63) is 30.2 Å². The minimum Gasteiger partial charge on any atom is -0.356 e. The van der Waals surface area contributed by atoms with Crippen molar-refractivity contribution in [3.63, 3.8) is 0 Å². The highest BCUT2D eigenvalue weighted by Crippen LogP contribution is 2.13. The molecule has 10 heavy (non-hydrogen) atoms. The molecule has 0 bridgehead atoms. The van der Waals surface area contributed by atoms with Gasteiger partial charge in [0.15, 0.2) is 5.58 Å². The van der Waals surface area contributed by atoms with Gasteiger partial charge in [0, 0.05) is 5.39 Å². The van der Waals surface area contributed by atoms with Crippen LogP contribution in [0, 0.1) is 5.82 Å². The van der Waals surface area contributed by atoms with E-state index in [1.165, 1.54) is 18.3 Å². The third-order valence-electron chi connectivity index (χ3n) is 1.31. The monoisotopic (exact) mass is 137 g/mol. The molecule has 0 saturated carbocycles. The van der Waals surface area contributed by atoms with Crippen molar-refractivity contribution >= 4 is 11.0 Å². The quantitative estimate of drug-likeness (QED) is 0.554. The first-order chi connectivity index (χ1) is 4.86. The van der Waals surface area contributed by atoms with Crippen LogP contribution < -0.4 is 0 Å². The van der Waals surface area contributed by atoms with E-state index in [0.717, 1.165) is 0 Å². The summed E-state index contributed by atoms with van der Waals surface area (Å²) in [5.74, 6) is -0.268. The van der Waals surface area contributed by atoms with Gasteiger partial charge in [-0.05, 0) is 18.2 Å². The van der Waals surface area contributed by atoms with Gasteiger partial charge in [0.25, 0.3) is 0 Å². The predicted molar refractivity (Wildman–Crippen MR) is 34.0 cm³/mol. The Hall–Kier alpha value is -1.38. The molecule has 0 saturated heterocycles. The second-order valence-corrected chi connectivity index (χ2v) is 2.01. The Morgan fingerprint density at radius 2 is 2.30 bits per heavy atom. The summed E-state index contributed by atoms with van der Waals surface area (Å²) in [7, 11) is 0. The molecule has 0 aliphatic carbocycles. The normalized spacial score (nSPS) is 10.5. The van der Waals surface area contributed by atoms with Crippen LogP contribution in [-0.4, -0.2) is 5.16 Å². The zero-order valence-electron chi connectivity index (χ0n) is 5.04. The highest BCUT2D eigenvalue weighted by atomic mass is 19.1. The number of halogens is 1. The van der Waals surface area contributed by atoms with Gasteiger partial charge in [-0.15, -0.1) is 0 Å². The lowest BCUT2D eigenvalue weighted by Gasteiger charge is -1.84. The molecule has 0 atom stereocenters. The predicted octanol–water partition coefficient (Wildman–Crippen LogP) is 1.97. The van der Waals surface area contributed by atoms with Crippen molar-refractivity contribution in [1.82, 2.24) is 5.16 Å². The van der Waals surface area contributed by atoms with Gasteiger partial charge < -0.3 is 4.52 Å². The van der Waals surface area contributed by atoms with Crippen LogP contribution in [0.25, 0.3) is 11.0 Å². The molecular weight excluding hydrogens is 133 g/mol. The summed E-state index contributed by atoms with van der Waals surface area (Å²) in [6.07, 6.45) is 1.48. The zero-order chi connectivity index (χ0) is 6.97. The first kappa shape index (κ1) is 5.41. The van der Waals surface area contributed by atoms with Crippen molar-refractivity contribution in [1.29, 1.82) is 0 Å². The maximum atomic E-state index is 12.4. The minimum absolute atomic E-state index is 0.268. The number of hydrogen-bond donors (Lipinski definition) is 0. The van der Waals surface area contributed by atoms with Crippen LogP contribution in [0.15, 0.2) is 28.9 Å². The average Bonchev–Trinajstić information content (AvgIpc) is 2.33. The van der Waals surface area contributed by atoms with Gasteiger partial charge in [-0.1, -0.05) is 5.16 Å². The average molecular weight is 137 g/mol. The Bertz CT molecular complexity index is 355. The molecule has 2 aromatic rings. The Labute approximate surface area is 56.2 Å². The highest BCUT2D eigenvalue weighted by molar-refractivity contribution is 5.75. The van der Waals surface area contributed by atoms with Crippen LogP contribution >= 0.6 is 0 Å². The smallest absolute Gasteiger partial charge is 0.167 e. The Morgan fingerprint density at radius 3 is 3.20 bits per heavy atom. The maximum absolute atomic E-state index is 12.4. The third kappa shape index (κ3) is 0.673. The van der Waals surface area contributed by atoms with E-state index in [9.17, 15) is 4.39 Å². The van der Waals surface area contributed by atoms with Gasteiger partial charge in [-0.3, -0.25) is 0 Å². The van der Waals surface area contributed by atoms with E-state index < -0.39 is 0 Å². The molecule has 0 aliphatic heterocycles. The fraction of sp³-hybridized carbons (Fsp3) is 0. The van der Waals surface area contributed by atoms with Crippen LogP contribution in [-0.2, 0) is 0 Å². The van der Waals surface area contributed by atoms with Crippen LogP contribution in [0.3, 0.4) is 0 Å². The fourth-order valence-corrected chi connectivity index (χ4v) is 0.843. The van der Waals surface area contributed by atoms with E-state index >= 15 is 0 Å². The standard InChI is InChI=1S/C7H4FNO/c8-6-1-2-7-5(3-6)4-9-10-7/h1-4H. The number of benzene rings is 1. The third-order valence-corrected chi connectivity index (χ3v) is 1.31. The lowest BCUT2D eigenvalue weighted by Crippen LogP contribution is -1.68. The van der Waals surface area contributed by atoms with Crippen LogP contribution in [0.2, 0.25) is 0 Å². The molecule has 2 nitrogen and oxygen atoms in total. The van der Waals surface area contributed by atoms with Crippen molar-refractivity contribution in [2.45, 2.75) is 0 Å². The van der Waals surface area contributed by atoms with Crippen LogP contribution in [0.5, 0.6) is 0 Å². The van der Waals surface area contributed by atoms with Crippen LogP contribution in [0.1, 0.15) is 0 Å². The molecule has 1 heterocycles. The van der Waals surface area contributed by atoms with E-state index in [-0.39, 0.29) is 5.82 Å². The Kier molecular flexibility index (Phi) is 0.974. The van der Waals surface area contributed by atoms with Crippen molar-refractivity contribution < 1.29 is 8.91 Å². The molecule has 0 spiro atoms. The molecule has 1 aromatic carbocycles. The SMILES string of the molecule is Fc1ccc2oncc2c1. The molecule has 0 radical (unpaired) electrons. The van der Waals surface area contributed by atoms with Gasteiger partial charge in [-0.25, -0.2) is 4.39 Å². The number of fused-ring (bicyclic) bond motifs is 1. The van der Waals surface area contributed by atoms with Crippen molar-refractivity contribution in [3.8, 4) is 0 Å². The lowest BCUT2D eigenvalue weighted by molar-refractivity contribution is 0.456. The second kappa shape index (κ2) is 1.80. The number of aromatic nitrogens is 1. The molecule has 2 rings (SSSR count). The first-order valence-corrected chi connectivity index (χ1v) is 2.86. The highest BCUT2D eigenvalue weighted by Gasteiger charge is 1.97. The summed E-state index contributed by atoms with van der Waals surface area (Å²) in [4.78, 5) is 0. The number of hydrogen-bond acceptors (Lipinski definition) is 2. The summed E-state index contributed by atoms with van der Waals surface area (Å²) in [5, 5.41) is 4.20. The lowest BCUT2D eigenvalue weighted by atomic mass is 10.3. The fourth-order valence-electron chi connectivity index (χ4n) is 0.843. The largest absolute Gasteiger partial charge is 0.356 e. The Morgan fingerprint density at radius 1 is 1.40 bits per heavy atom. The summed E-state index contributed by atoms with van der Waals surface area (Å²) in [5.41, 5.74) is 0.612. The topological polar surface area (TPSA) is 26.0 Å². The van der Waals surface area contributed by atoms with Crippen LogP contribution in [0.4, 0.5) is 4.39 Å². The molecular formula is C7H4FNO. The molecule has 3 heteroatoms. The summed E-state index contributed by atoms with van der Waals surface area (Å²) in [6, 6.07) is 4.27. The minimum atomic E-state index is -0.268. The Balaban J connectivity index is 2.86. The number of rotatable bonds is 0. The number of nitrogens with zero attached hydrogens (tertiary/aromatic N) is 1. The molecule has 50 valence electrons.